The van der Waals surface area contributed by atoms with E-state index in [0.29, 0.717) is 0 Å². The van der Waals surface area contributed by atoms with Crippen molar-refractivity contribution in [3.8, 4) is 5.75 Å². The summed E-state index contributed by atoms with van der Waals surface area (Å²) in [7, 11) is 1.53. The zero-order valence-corrected chi connectivity index (χ0v) is 18.4. The van der Waals surface area contributed by atoms with Gasteiger partial charge >= 0.3 is 5.97 Å². The Balaban J connectivity index is 2.11. The average molecular weight is 453 g/mol. The second-order valence-electron chi connectivity index (χ2n) is 7.93. The van der Waals surface area contributed by atoms with Crippen LogP contribution in [-0.4, -0.2) is 66.2 Å². The number of hydrogen-bond donors (Lipinski definition) is 5. The number of carboxylic acid groups (broad SMARTS) is 1. The van der Waals surface area contributed by atoms with Gasteiger partial charge in [-0.05, 0) is 23.6 Å². The van der Waals surface area contributed by atoms with Crippen LogP contribution in [0, 0.1) is 5.92 Å². The monoisotopic (exact) mass is 453 g/mol. The molecule has 2 amide bonds. The number of carboxylic acids is 1. The molecule has 0 bridgehead atoms. The third-order valence-electron chi connectivity index (χ3n) is 4.88. The number of amides is 2. The number of anilines is 1. The summed E-state index contributed by atoms with van der Waals surface area (Å²) in [6.45, 7) is 3.58. The second kappa shape index (κ2) is 11.8. The van der Waals surface area contributed by atoms with Crippen LogP contribution in [-0.2, 0) is 30.5 Å². The lowest BCUT2D eigenvalue weighted by atomic mass is 10.1. The van der Waals surface area contributed by atoms with E-state index in [-0.39, 0.29) is 43.3 Å². The van der Waals surface area contributed by atoms with Crippen LogP contribution in [0.4, 0.5) is 5.69 Å². The maximum absolute atomic E-state index is 12.4. The summed E-state index contributed by atoms with van der Waals surface area (Å²) in [5, 5.41) is 24.3. The highest BCUT2D eigenvalue weighted by Crippen LogP contribution is 2.30. The summed E-state index contributed by atoms with van der Waals surface area (Å²) in [6.07, 6.45) is -3.12. The van der Waals surface area contributed by atoms with E-state index in [1.165, 1.54) is 7.11 Å². The second-order valence-corrected chi connectivity index (χ2v) is 7.93. The number of carbonyl (C=O) groups excluding carboxylic acids is 2. The van der Waals surface area contributed by atoms with Crippen LogP contribution in [0.2, 0.25) is 0 Å². The van der Waals surface area contributed by atoms with Gasteiger partial charge in [-0.15, -0.1) is 0 Å². The van der Waals surface area contributed by atoms with E-state index < -0.39 is 42.3 Å². The molecule has 1 aromatic rings. The molecule has 1 aliphatic rings. The SMILES string of the molecule is COCc1ccc(NC(=O)CNC(=O)C(N)C(C)C)c(OC2CC(O)CC(C(=O)O)O2)c1. The Morgan fingerprint density at radius 1 is 1.28 bits per heavy atom. The van der Waals surface area contributed by atoms with Crippen molar-refractivity contribution in [1.82, 2.24) is 5.32 Å². The van der Waals surface area contributed by atoms with Crippen molar-refractivity contribution >= 4 is 23.5 Å². The zero-order valence-electron chi connectivity index (χ0n) is 18.4. The highest BCUT2D eigenvalue weighted by molar-refractivity contribution is 5.96. The molecule has 0 aliphatic carbocycles. The number of aliphatic hydroxyl groups is 1. The number of aliphatic carboxylic acids is 1. The number of benzene rings is 1. The molecule has 1 heterocycles. The molecule has 6 N–H and O–H groups in total. The predicted octanol–water partition coefficient (Wildman–Crippen LogP) is 0.200. The predicted molar refractivity (Wildman–Crippen MR) is 114 cm³/mol. The number of hydrogen-bond acceptors (Lipinski definition) is 8. The summed E-state index contributed by atoms with van der Waals surface area (Å²) in [5.41, 5.74) is 6.79. The molecule has 2 rings (SSSR count). The van der Waals surface area contributed by atoms with E-state index in [4.69, 9.17) is 19.9 Å². The molecule has 11 nitrogen and oxygen atoms in total. The summed E-state index contributed by atoms with van der Waals surface area (Å²) < 4.78 is 16.3. The third kappa shape index (κ3) is 7.45. The molecular formula is C21H31N3O8. The molecule has 1 saturated heterocycles. The van der Waals surface area contributed by atoms with Crippen LogP contribution >= 0.6 is 0 Å². The molecule has 4 atom stereocenters. The largest absolute Gasteiger partial charge is 0.479 e. The van der Waals surface area contributed by atoms with Crippen LogP contribution in [0.15, 0.2) is 18.2 Å². The quantitative estimate of drug-likeness (QED) is 0.332. The van der Waals surface area contributed by atoms with Crippen molar-refractivity contribution < 1.29 is 38.8 Å². The molecule has 1 aliphatic heterocycles. The highest BCUT2D eigenvalue weighted by Gasteiger charge is 2.34. The van der Waals surface area contributed by atoms with Crippen molar-refractivity contribution in [2.75, 3.05) is 19.0 Å². The Morgan fingerprint density at radius 2 is 2.00 bits per heavy atom. The van der Waals surface area contributed by atoms with Gasteiger partial charge in [-0.25, -0.2) is 4.79 Å². The standard InChI is InChI=1S/C21H31N3O8/c1-11(2)19(22)20(27)23-9-17(26)24-14-5-4-12(10-30-3)6-15(14)31-18-8-13(25)7-16(32-18)21(28)29/h4-6,11,13,16,18-19,25H,7-10,22H2,1-3H3,(H,23,27)(H,24,26)(H,28,29). The third-order valence-corrected chi connectivity index (χ3v) is 4.88. The van der Waals surface area contributed by atoms with Gasteiger partial charge < -0.3 is 40.8 Å². The van der Waals surface area contributed by atoms with Crippen LogP contribution < -0.4 is 21.1 Å². The fourth-order valence-corrected chi connectivity index (χ4v) is 3.04. The Morgan fingerprint density at radius 3 is 2.62 bits per heavy atom. The highest BCUT2D eigenvalue weighted by atomic mass is 16.7. The fraction of sp³-hybridized carbons (Fsp3) is 0.571. The Hall–Kier alpha value is -2.73. The van der Waals surface area contributed by atoms with Gasteiger partial charge in [0.25, 0.3) is 0 Å². The Labute approximate surface area is 186 Å². The van der Waals surface area contributed by atoms with Gasteiger partial charge in [-0.2, -0.15) is 0 Å². The average Bonchev–Trinajstić information content (AvgIpc) is 2.73. The van der Waals surface area contributed by atoms with E-state index in [1.807, 2.05) is 0 Å². The van der Waals surface area contributed by atoms with E-state index in [0.717, 1.165) is 5.56 Å². The van der Waals surface area contributed by atoms with Crippen molar-refractivity contribution in [2.24, 2.45) is 11.7 Å². The number of nitrogens with two attached hydrogens (primary N) is 1. The number of rotatable bonds is 10. The Kier molecular flexibility index (Phi) is 9.39. The van der Waals surface area contributed by atoms with Gasteiger partial charge in [0.05, 0.1) is 31.0 Å². The number of ether oxygens (including phenoxy) is 3. The molecule has 0 spiro atoms. The van der Waals surface area contributed by atoms with Crippen molar-refractivity contribution in [3.05, 3.63) is 23.8 Å². The topological polar surface area (TPSA) is 169 Å². The normalized spacial score (nSPS) is 21.6. The van der Waals surface area contributed by atoms with Crippen molar-refractivity contribution in [1.29, 1.82) is 0 Å². The first-order valence-electron chi connectivity index (χ1n) is 10.3. The lowest BCUT2D eigenvalue weighted by molar-refractivity contribution is -0.195. The minimum Gasteiger partial charge on any atom is -0.479 e. The van der Waals surface area contributed by atoms with Gasteiger partial charge in [-0.3, -0.25) is 9.59 Å². The van der Waals surface area contributed by atoms with Crippen LogP contribution in [0.25, 0.3) is 0 Å². The van der Waals surface area contributed by atoms with Gasteiger partial charge in [0, 0.05) is 20.0 Å². The zero-order chi connectivity index (χ0) is 23.8. The van der Waals surface area contributed by atoms with Crippen LogP contribution in [0.5, 0.6) is 5.75 Å². The first kappa shape index (κ1) is 25.5. The molecule has 178 valence electrons. The van der Waals surface area contributed by atoms with E-state index >= 15 is 0 Å². The lowest BCUT2D eigenvalue weighted by Crippen LogP contribution is -2.46. The molecule has 0 aromatic heterocycles. The molecule has 4 unspecified atom stereocenters. The van der Waals surface area contributed by atoms with Crippen molar-refractivity contribution in [2.45, 2.75) is 57.8 Å². The first-order valence-corrected chi connectivity index (χ1v) is 10.3. The van der Waals surface area contributed by atoms with E-state index in [9.17, 15) is 24.6 Å². The number of nitrogens with one attached hydrogen (secondary N) is 2. The van der Waals surface area contributed by atoms with E-state index in [1.54, 1.807) is 32.0 Å². The molecule has 0 saturated carbocycles. The van der Waals surface area contributed by atoms with Crippen molar-refractivity contribution in [3.63, 3.8) is 0 Å². The Bertz CT molecular complexity index is 816. The minimum absolute atomic E-state index is 0.0410. The number of carbonyl (C=O) groups is 3. The van der Waals surface area contributed by atoms with Gasteiger partial charge in [0.2, 0.25) is 18.1 Å². The summed E-state index contributed by atoms with van der Waals surface area (Å²) in [5.74, 6) is -2.01. The molecular weight excluding hydrogens is 422 g/mol. The molecule has 32 heavy (non-hydrogen) atoms. The van der Waals surface area contributed by atoms with Crippen LogP contribution in [0.3, 0.4) is 0 Å². The summed E-state index contributed by atoms with van der Waals surface area (Å²) >= 11 is 0. The molecule has 1 fully saturated rings. The maximum atomic E-state index is 12.4. The lowest BCUT2D eigenvalue weighted by Gasteiger charge is -2.31. The number of aliphatic hydroxyl groups excluding tert-OH is 1. The van der Waals surface area contributed by atoms with Gasteiger partial charge in [0.15, 0.2) is 6.10 Å². The molecule has 1 aromatic carbocycles. The van der Waals surface area contributed by atoms with Gasteiger partial charge in [-0.1, -0.05) is 19.9 Å². The maximum Gasteiger partial charge on any atom is 0.333 e. The molecule has 11 heteroatoms. The summed E-state index contributed by atoms with van der Waals surface area (Å²) in [4.78, 5) is 35.6. The minimum atomic E-state index is -1.20. The van der Waals surface area contributed by atoms with Crippen LogP contribution in [0.1, 0.15) is 32.3 Å². The fourth-order valence-electron chi connectivity index (χ4n) is 3.04. The first-order chi connectivity index (χ1) is 15.1. The number of methoxy groups -OCH3 is 1. The molecule has 0 radical (unpaired) electrons. The summed E-state index contributed by atoms with van der Waals surface area (Å²) in [6, 6.07) is 4.20. The van der Waals surface area contributed by atoms with E-state index in [2.05, 4.69) is 10.6 Å². The smallest absolute Gasteiger partial charge is 0.333 e. The van der Waals surface area contributed by atoms with Gasteiger partial charge in [0.1, 0.15) is 5.75 Å².